The van der Waals surface area contributed by atoms with Crippen molar-refractivity contribution in [2.75, 3.05) is 26.2 Å². The maximum Gasteiger partial charge on any atom is 0.127 e. The van der Waals surface area contributed by atoms with Gasteiger partial charge in [-0.15, -0.1) is 0 Å². The standard InChI is InChI=1S/C28H46N2O2S/c1-6-9-15-26(12-7-2)32-27-16-18-28(19-17-27)33(31)30(8-3)22-11-14-25(5)29-21-10-13-24(4)20-23-29/h9,12,15-19,24-25H,6-8,10-11,13-14,20-23H2,1-5H3/b15-9-,26-12+. The molecule has 0 radical (unpaired) electrons. The molecule has 1 aromatic carbocycles. The molecule has 0 N–H and O–H groups in total. The zero-order valence-corrected chi connectivity index (χ0v) is 22.4. The molecule has 2 rings (SSSR count). The normalized spacial score (nSPS) is 20.2. The van der Waals surface area contributed by atoms with E-state index in [1.165, 1.54) is 32.4 Å². The highest BCUT2D eigenvalue weighted by molar-refractivity contribution is 7.82. The van der Waals surface area contributed by atoms with Gasteiger partial charge in [-0.1, -0.05) is 33.8 Å². The van der Waals surface area contributed by atoms with Crippen molar-refractivity contribution < 1.29 is 8.95 Å². The summed E-state index contributed by atoms with van der Waals surface area (Å²) >= 11 is 0. The van der Waals surface area contributed by atoms with Crippen LogP contribution in [0.1, 0.15) is 79.6 Å². The average Bonchev–Trinajstić information content (AvgIpc) is 3.05. The Hall–Kier alpha value is -1.43. The van der Waals surface area contributed by atoms with Crippen LogP contribution in [0.5, 0.6) is 5.75 Å². The van der Waals surface area contributed by atoms with Gasteiger partial charge in [0.2, 0.25) is 0 Å². The van der Waals surface area contributed by atoms with Gasteiger partial charge in [-0.3, -0.25) is 0 Å². The first-order valence-corrected chi connectivity index (χ1v) is 14.1. The molecule has 1 aliphatic rings. The molecule has 1 fully saturated rings. The second-order valence-electron chi connectivity index (χ2n) is 9.23. The van der Waals surface area contributed by atoms with Gasteiger partial charge in [0.05, 0.1) is 4.90 Å². The molecule has 0 spiro atoms. The molecule has 0 bridgehead atoms. The molecule has 0 aromatic heterocycles. The molecule has 1 aliphatic heterocycles. The topological polar surface area (TPSA) is 32.8 Å². The van der Waals surface area contributed by atoms with E-state index < -0.39 is 11.0 Å². The SMILES string of the molecule is CC/C=C\C(=C/CC)Oc1ccc(S(=O)N(CC)CCCC(C)N2CCCC(C)CC2)cc1. The number of hydrogen-bond acceptors (Lipinski definition) is 3. The Labute approximate surface area is 205 Å². The lowest BCUT2D eigenvalue weighted by atomic mass is 10.0. The second kappa shape index (κ2) is 15.5. The fourth-order valence-electron chi connectivity index (χ4n) is 4.32. The summed E-state index contributed by atoms with van der Waals surface area (Å²) in [5.74, 6) is 2.50. The van der Waals surface area contributed by atoms with Crippen molar-refractivity contribution in [1.82, 2.24) is 9.21 Å². The van der Waals surface area contributed by atoms with E-state index in [0.29, 0.717) is 6.04 Å². The van der Waals surface area contributed by atoms with Gasteiger partial charge in [0, 0.05) is 19.1 Å². The molecule has 0 amide bonds. The van der Waals surface area contributed by atoms with Crippen molar-refractivity contribution in [3.05, 3.63) is 48.3 Å². The highest BCUT2D eigenvalue weighted by Gasteiger charge is 2.19. The van der Waals surface area contributed by atoms with Crippen LogP contribution in [0, 0.1) is 5.92 Å². The average molecular weight is 475 g/mol. The third-order valence-electron chi connectivity index (χ3n) is 6.48. The van der Waals surface area contributed by atoms with Crippen molar-refractivity contribution in [3.63, 3.8) is 0 Å². The molecule has 5 heteroatoms. The van der Waals surface area contributed by atoms with Crippen molar-refractivity contribution >= 4 is 11.0 Å². The Balaban J connectivity index is 1.87. The zero-order valence-electron chi connectivity index (χ0n) is 21.6. The largest absolute Gasteiger partial charge is 0.458 e. The summed E-state index contributed by atoms with van der Waals surface area (Å²) < 4.78 is 21.3. The Morgan fingerprint density at radius 3 is 2.61 bits per heavy atom. The molecule has 0 aliphatic carbocycles. The molecule has 1 aromatic rings. The van der Waals surface area contributed by atoms with E-state index in [1.54, 1.807) is 0 Å². The summed E-state index contributed by atoms with van der Waals surface area (Å²) in [5, 5.41) is 0. The summed E-state index contributed by atoms with van der Waals surface area (Å²) in [4.78, 5) is 3.50. The number of ether oxygens (including phenoxy) is 1. The Morgan fingerprint density at radius 1 is 1.18 bits per heavy atom. The van der Waals surface area contributed by atoms with Gasteiger partial charge < -0.3 is 9.64 Å². The van der Waals surface area contributed by atoms with E-state index in [9.17, 15) is 4.21 Å². The Bertz CT molecular complexity index is 760. The van der Waals surface area contributed by atoms with Crippen molar-refractivity contribution in [2.45, 2.75) is 90.5 Å². The van der Waals surface area contributed by atoms with Gasteiger partial charge in [0.25, 0.3) is 0 Å². The lowest BCUT2D eigenvalue weighted by Gasteiger charge is -2.28. The third kappa shape index (κ3) is 9.76. The minimum atomic E-state index is -1.14. The molecule has 33 heavy (non-hydrogen) atoms. The van der Waals surface area contributed by atoms with Gasteiger partial charge in [0.1, 0.15) is 22.5 Å². The molecule has 0 saturated carbocycles. The summed E-state index contributed by atoms with van der Waals surface area (Å²) in [6, 6.07) is 8.32. The third-order valence-corrected chi connectivity index (χ3v) is 8.06. The minimum Gasteiger partial charge on any atom is -0.458 e. The van der Waals surface area contributed by atoms with E-state index in [4.69, 9.17) is 4.74 Å². The molecule has 4 nitrogen and oxygen atoms in total. The molecule has 186 valence electrons. The highest BCUT2D eigenvalue weighted by atomic mass is 32.2. The number of nitrogens with zero attached hydrogens (tertiary/aromatic N) is 2. The fraction of sp³-hybridized carbons (Fsp3) is 0.643. The van der Waals surface area contributed by atoms with Gasteiger partial charge in [-0.05, 0) is 107 Å². The lowest BCUT2D eigenvalue weighted by Crippen LogP contribution is -2.35. The smallest absolute Gasteiger partial charge is 0.127 e. The summed E-state index contributed by atoms with van der Waals surface area (Å²) in [6.07, 6.45) is 14.3. The van der Waals surface area contributed by atoms with Crippen LogP contribution in [0.2, 0.25) is 0 Å². The summed E-state index contributed by atoms with van der Waals surface area (Å²) in [6.45, 7) is 15.1. The first-order valence-electron chi connectivity index (χ1n) is 13.0. The minimum absolute atomic E-state index is 0.603. The van der Waals surface area contributed by atoms with Crippen LogP contribution >= 0.6 is 0 Å². The number of hydrogen-bond donors (Lipinski definition) is 0. The zero-order chi connectivity index (χ0) is 24.1. The van der Waals surface area contributed by atoms with Crippen LogP contribution in [0.25, 0.3) is 0 Å². The van der Waals surface area contributed by atoms with Gasteiger partial charge in [-0.25, -0.2) is 8.51 Å². The first-order chi connectivity index (χ1) is 16.0. The van der Waals surface area contributed by atoms with Crippen LogP contribution in [0.15, 0.2) is 53.1 Å². The number of benzene rings is 1. The number of allylic oxidation sites excluding steroid dienone is 3. The van der Waals surface area contributed by atoms with E-state index in [-0.39, 0.29) is 0 Å². The maximum absolute atomic E-state index is 13.2. The maximum atomic E-state index is 13.2. The molecule has 3 atom stereocenters. The number of likely N-dealkylation sites (tertiary alicyclic amines) is 1. The summed E-state index contributed by atoms with van der Waals surface area (Å²) in [7, 11) is -1.14. The molecule has 3 unspecified atom stereocenters. The van der Waals surface area contributed by atoms with Crippen LogP contribution in [-0.4, -0.2) is 45.6 Å². The van der Waals surface area contributed by atoms with Gasteiger partial charge in [0.15, 0.2) is 0 Å². The molecular weight excluding hydrogens is 428 g/mol. The van der Waals surface area contributed by atoms with E-state index in [2.05, 4.69) is 56.0 Å². The van der Waals surface area contributed by atoms with Crippen LogP contribution in [-0.2, 0) is 11.0 Å². The Kier molecular flexibility index (Phi) is 13.0. The molecule has 1 saturated heterocycles. The first kappa shape index (κ1) is 27.8. The van der Waals surface area contributed by atoms with Crippen LogP contribution < -0.4 is 4.74 Å². The van der Waals surface area contributed by atoms with Gasteiger partial charge >= 0.3 is 0 Å². The van der Waals surface area contributed by atoms with Gasteiger partial charge in [-0.2, -0.15) is 0 Å². The number of rotatable bonds is 13. The Morgan fingerprint density at radius 2 is 1.94 bits per heavy atom. The van der Waals surface area contributed by atoms with Crippen LogP contribution in [0.4, 0.5) is 0 Å². The van der Waals surface area contributed by atoms with E-state index in [0.717, 1.165) is 61.1 Å². The van der Waals surface area contributed by atoms with Crippen LogP contribution in [0.3, 0.4) is 0 Å². The molecule has 1 heterocycles. The highest BCUT2D eigenvalue weighted by Crippen LogP contribution is 2.22. The van der Waals surface area contributed by atoms with Crippen molar-refractivity contribution in [2.24, 2.45) is 5.92 Å². The summed E-state index contributed by atoms with van der Waals surface area (Å²) in [5.41, 5.74) is 0. The monoisotopic (exact) mass is 474 g/mol. The van der Waals surface area contributed by atoms with Crippen molar-refractivity contribution in [1.29, 1.82) is 0 Å². The van der Waals surface area contributed by atoms with E-state index in [1.807, 2.05) is 30.3 Å². The predicted molar refractivity (Wildman–Crippen MR) is 142 cm³/mol. The second-order valence-corrected chi connectivity index (χ2v) is 10.7. The fourth-order valence-corrected chi connectivity index (χ4v) is 5.51. The van der Waals surface area contributed by atoms with Crippen molar-refractivity contribution in [3.8, 4) is 5.75 Å². The quantitative estimate of drug-likeness (QED) is 0.229. The van der Waals surface area contributed by atoms with E-state index >= 15 is 0 Å². The lowest BCUT2D eigenvalue weighted by molar-refractivity contribution is 0.200. The molecular formula is C28H46N2O2S. The predicted octanol–water partition coefficient (Wildman–Crippen LogP) is 6.96.